The summed E-state index contributed by atoms with van der Waals surface area (Å²) in [4.78, 5) is 0. The molecule has 0 fully saturated rings. The van der Waals surface area contributed by atoms with Crippen molar-refractivity contribution in [1.29, 1.82) is 0 Å². The summed E-state index contributed by atoms with van der Waals surface area (Å²) in [5, 5.41) is 14.1. The van der Waals surface area contributed by atoms with E-state index in [1.807, 2.05) is 18.2 Å². The van der Waals surface area contributed by atoms with Gasteiger partial charge in [-0.3, -0.25) is 4.57 Å². The predicted molar refractivity (Wildman–Crippen MR) is 112 cm³/mol. The Bertz CT molecular complexity index is 1050. The topological polar surface area (TPSA) is 30.7 Å². The summed E-state index contributed by atoms with van der Waals surface area (Å²) in [5.41, 5.74) is 2.26. The number of fused-ring (bicyclic) bond motifs is 1. The van der Waals surface area contributed by atoms with Crippen LogP contribution in [0.4, 0.5) is 0 Å². The van der Waals surface area contributed by atoms with Gasteiger partial charge in [-0.05, 0) is 31.5 Å². The van der Waals surface area contributed by atoms with Crippen molar-refractivity contribution in [3.05, 3.63) is 64.5 Å². The Hall–Kier alpha value is -1.82. The molecular formula is C20H18ClN3S2. The smallest absolute Gasteiger partial charge is 0.192 e. The zero-order valence-corrected chi connectivity index (χ0v) is 16.9. The highest BCUT2D eigenvalue weighted by atomic mass is 35.5. The van der Waals surface area contributed by atoms with Gasteiger partial charge in [-0.2, -0.15) is 0 Å². The van der Waals surface area contributed by atoms with E-state index in [1.54, 1.807) is 23.1 Å². The van der Waals surface area contributed by atoms with Crippen molar-refractivity contribution in [3.63, 3.8) is 0 Å². The maximum absolute atomic E-state index is 6.29. The highest BCUT2D eigenvalue weighted by molar-refractivity contribution is 7.98. The fourth-order valence-electron chi connectivity index (χ4n) is 2.93. The summed E-state index contributed by atoms with van der Waals surface area (Å²) in [7, 11) is 0. The highest BCUT2D eigenvalue weighted by Crippen LogP contribution is 2.36. The third-order valence-corrected chi connectivity index (χ3v) is 6.54. The monoisotopic (exact) mass is 399 g/mol. The molecule has 0 N–H and O–H groups in total. The first-order valence-electron chi connectivity index (χ1n) is 8.43. The number of nitrogens with zero attached hydrogens (tertiary/aromatic N) is 3. The second-order valence-corrected chi connectivity index (χ2v) is 8.56. The van der Waals surface area contributed by atoms with Gasteiger partial charge < -0.3 is 0 Å². The molecule has 0 unspecified atom stereocenters. The summed E-state index contributed by atoms with van der Waals surface area (Å²) in [6.45, 7) is 4.34. The van der Waals surface area contributed by atoms with Crippen LogP contribution in [0.3, 0.4) is 0 Å². The number of hydrogen-bond donors (Lipinski definition) is 0. The number of thiophene rings is 1. The lowest BCUT2D eigenvalue weighted by Gasteiger charge is -2.13. The molecule has 2 aromatic carbocycles. The van der Waals surface area contributed by atoms with Gasteiger partial charge in [0.15, 0.2) is 11.0 Å². The van der Waals surface area contributed by atoms with Crippen molar-refractivity contribution in [3.8, 4) is 11.4 Å². The molecule has 0 radical (unpaired) electrons. The van der Waals surface area contributed by atoms with E-state index >= 15 is 0 Å². The molecule has 2 heterocycles. The molecular weight excluding hydrogens is 382 g/mol. The molecule has 0 atom stereocenters. The second-order valence-electron chi connectivity index (χ2n) is 6.30. The van der Waals surface area contributed by atoms with Crippen LogP contribution in [-0.4, -0.2) is 14.8 Å². The first-order valence-corrected chi connectivity index (χ1v) is 10.7. The molecule has 0 aliphatic carbocycles. The minimum atomic E-state index is 0.271. The Morgan fingerprint density at radius 3 is 2.65 bits per heavy atom. The molecule has 6 heteroatoms. The lowest BCUT2D eigenvalue weighted by molar-refractivity contribution is 0.555. The van der Waals surface area contributed by atoms with E-state index in [9.17, 15) is 0 Å². The zero-order valence-electron chi connectivity index (χ0n) is 14.5. The van der Waals surface area contributed by atoms with Crippen molar-refractivity contribution in [1.82, 2.24) is 14.8 Å². The van der Waals surface area contributed by atoms with Crippen LogP contribution in [0.5, 0.6) is 0 Å². The Balaban J connectivity index is 1.71. The molecule has 132 valence electrons. The average molecular weight is 400 g/mol. The van der Waals surface area contributed by atoms with Crippen molar-refractivity contribution >= 4 is 44.8 Å². The van der Waals surface area contributed by atoms with Gasteiger partial charge in [-0.15, -0.1) is 21.5 Å². The highest BCUT2D eigenvalue weighted by Gasteiger charge is 2.19. The molecule has 0 saturated heterocycles. The number of benzene rings is 2. The number of hydrogen-bond acceptors (Lipinski definition) is 4. The van der Waals surface area contributed by atoms with Crippen molar-refractivity contribution < 1.29 is 0 Å². The predicted octanol–water partition coefficient (Wildman–Crippen LogP) is 6.69. The Morgan fingerprint density at radius 1 is 1.08 bits per heavy atom. The van der Waals surface area contributed by atoms with E-state index in [0.717, 1.165) is 32.9 Å². The largest absolute Gasteiger partial charge is 0.299 e. The summed E-state index contributed by atoms with van der Waals surface area (Å²) in [5.74, 6) is 1.70. The van der Waals surface area contributed by atoms with Gasteiger partial charge in [0.05, 0.1) is 0 Å². The summed E-state index contributed by atoms with van der Waals surface area (Å²) in [6.07, 6.45) is 0. The Morgan fingerprint density at radius 2 is 1.85 bits per heavy atom. The van der Waals surface area contributed by atoms with Crippen LogP contribution < -0.4 is 0 Å². The third kappa shape index (κ3) is 3.27. The molecule has 0 aliphatic heterocycles. The quantitative estimate of drug-likeness (QED) is 0.350. The summed E-state index contributed by atoms with van der Waals surface area (Å²) >= 11 is 9.71. The minimum Gasteiger partial charge on any atom is -0.299 e. The number of aromatic nitrogens is 3. The summed E-state index contributed by atoms with van der Waals surface area (Å²) < 4.78 is 3.49. The number of halogens is 1. The maximum Gasteiger partial charge on any atom is 0.192 e. The van der Waals surface area contributed by atoms with Crippen LogP contribution in [0.25, 0.3) is 21.5 Å². The van der Waals surface area contributed by atoms with Gasteiger partial charge in [0, 0.05) is 37.8 Å². The van der Waals surface area contributed by atoms with Crippen molar-refractivity contribution in [2.45, 2.75) is 30.8 Å². The molecule has 0 spiro atoms. The van der Waals surface area contributed by atoms with E-state index in [2.05, 4.69) is 64.3 Å². The Kier molecular flexibility index (Phi) is 5.02. The molecule has 0 bridgehead atoms. The molecule has 3 nitrogen and oxygen atoms in total. The molecule has 4 aromatic rings. The van der Waals surface area contributed by atoms with Crippen LogP contribution >= 0.6 is 34.7 Å². The van der Waals surface area contributed by atoms with Gasteiger partial charge in [0.2, 0.25) is 0 Å². The van der Waals surface area contributed by atoms with Crippen molar-refractivity contribution in [2.75, 3.05) is 0 Å². The van der Waals surface area contributed by atoms with E-state index in [4.69, 9.17) is 11.6 Å². The summed E-state index contributed by atoms with van der Waals surface area (Å²) in [6, 6.07) is 16.6. The molecule has 26 heavy (non-hydrogen) atoms. The Labute approximate surface area is 166 Å². The zero-order chi connectivity index (χ0) is 18.1. The van der Waals surface area contributed by atoms with E-state index < -0.39 is 0 Å². The second kappa shape index (κ2) is 7.43. The maximum atomic E-state index is 6.29. The van der Waals surface area contributed by atoms with Gasteiger partial charge in [0.1, 0.15) is 0 Å². The lowest BCUT2D eigenvalue weighted by atomic mass is 10.1. The fraction of sp³-hybridized carbons (Fsp3) is 0.200. The fourth-order valence-corrected chi connectivity index (χ4v) is 5.23. The number of thioether (sulfide) groups is 1. The first-order chi connectivity index (χ1) is 12.6. The van der Waals surface area contributed by atoms with Crippen molar-refractivity contribution in [2.24, 2.45) is 0 Å². The molecule has 4 rings (SSSR count). The van der Waals surface area contributed by atoms with Crippen LogP contribution in [0, 0.1) is 0 Å². The first kappa shape index (κ1) is 17.6. The number of rotatable bonds is 5. The van der Waals surface area contributed by atoms with Gasteiger partial charge in [-0.25, -0.2) is 0 Å². The van der Waals surface area contributed by atoms with Gasteiger partial charge >= 0.3 is 0 Å². The van der Waals surface area contributed by atoms with Crippen LogP contribution in [0.1, 0.15) is 25.5 Å². The molecule has 0 amide bonds. The molecule has 0 saturated carbocycles. The minimum absolute atomic E-state index is 0.271. The van der Waals surface area contributed by atoms with E-state index in [-0.39, 0.29) is 6.04 Å². The van der Waals surface area contributed by atoms with Crippen LogP contribution in [0.15, 0.2) is 59.1 Å². The third-order valence-electron chi connectivity index (χ3n) is 4.22. The SMILES string of the molecule is CC(C)n1c(SCc2ccccc2Cl)nnc1-c1csc2ccccc12. The van der Waals surface area contributed by atoms with E-state index in [0.29, 0.717) is 0 Å². The van der Waals surface area contributed by atoms with Crippen LogP contribution in [0.2, 0.25) is 5.02 Å². The molecule has 0 aliphatic rings. The normalized spacial score (nSPS) is 11.5. The standard InChI is InChI=1S/C20H18ClN3S2/c1-13(2)24-19(16-12-25-18-10-6-4-8-15(16)18)22-23-20(24)26-11-14-7-3-5-9-17(14)21/h3-10,12-13H,11H2,1-2H3. The average Bonchev–Trinajstić information content (AvgIpc) is 3.24. The van der Waals surface area contributed by atoms with Gasteiger partial charge in [0.25, 0.3) is 0 Å². The molecule has 2 aromatic heterocycles. The van der Waals surface area contributed by atoms with Crippen LogP contribution in [-0.2, 0) is 5.75 Å². The lowest BCUT2D eigenvalue weighted by Crippen LogP contribution is -2.05. The van der Waals surface area contributed by atoms with E-state index in [1.165, 1.54) is 10.1 Å². The van der Waals surface area contributed by atoms with Gasteiger partial charge in [-0.1, -0.05) is 59.8 Å².